The van der Waals surface area contributed by atoms with Gasteiger partial charge in [0.15, 0.2) is 0 Å². The van der Waals surface area contributed by atoms with Gasteiger partial charge in [0.05, 0.1) is 5.41 Å². The monoisotopic (exact) mass is 237 g/mol. The maximum Gasteiger partial charge on any atom is 0.311 e. The maximum absolute atomic E-state index is 12.0. The Kier molecular flexibility index (Phi) is 2.09. The number of hydrogen-bond donors (Lipinski definition) is 1. The van der Waals surface area contributed by atoms with E-state index in [0.717, 1.165) is 12.8 Å². The summed E-state index contributed by atoms with van der Waals surface area (Å²) >= 11 is 0. The largest absolute Gasteiger partial charge is 0.481 e. The Morgan fingerprint density at radius 1 is 1.24 bits per heavy atom. The van der Waals surface area contributed by atoms with Crippen LogP contribution in [0.4, 0.5) is 0 Å². The predicted molar refractivity (Wildman–Crippen MR) is 56.9 cm³/mol. The molecule has 2 unspecified atom stereocenters. The van der Waals surface area contributed by atoms with Gasteiger partial charge in [0.2, 0.25) is 11.8 Å². The fourth-order valence-electron chi connectivity index (χ4n) is 3.03. The average Bonchev–Trinajstić information content (AvgIpc) is 2.93. The summed E-state index contributed by atoms with van der Waals surface area (Å²) in [6, 6.07) is 0. The van der Waals surface area contributed by atoms with Crippen LogP contribution >= 0.6 is 0 Å². The summed E-state index contributed by atoms with van der Waals surface area (Å²) in [5, 5.41) is 9.11. The molecule has 92 valence electrons. The molecule has 0 radical (unpaired) electrons. The number of nitrogens with zero attached hydrogens (tertiary/aromatic N) is 1. The van der Waals surface area contributed by atoms with E-state index in [9.17, 15) is 14.4 Å². The van der Waals surface area contributed by atoms with Gasteiger partial charge in [-0.1, -0.05) is 0 Å². The van der Waals surface area contributed by atoms with E-state index in [1.165, 1.54) is 4.90 Å². The Hall–Kier alpha value is -1.39. The Morgan fingerprint density at radius 2 is 1.76 bits per heavy atom. The standard InChI is InChI=1S/C12H15NO4/c14-9-7-1-2-8(5-7)10(15)13(9)6-12(3-4-12)11(16)17/h7-8H,1-6H2,(H,16,17). The highest BCUT2D eigenvalue weighted by Gasteiger charge is 2.55. The number of piperidine rings is 1. The molecule has 1 heterocycles. The number of carboxylic acid groups (broad SMARTS) is 1. The average molecular weight is 237 g/mol. The second-order valence-electron chi connectivity index (χ2n) is 5.56. The second kappa shape index (κ2) is 3.31. The molecule has 3 aliphatic rings. The SMILES string of the molecule is O=C1C2CCC(C2)C(=O)N1CC1(C(=O)O)CC1. The van der Waals surface area contributed by atoms with Gasteiger partial charge in [0.25, 0.3) is 0 Å². The first-order valence-corrected chi connectivity index (χ1v) is 6.12. The molecule has 2 amide bonds. The highest BCUT2D eigenvalue weighted by Crippen LogP contribution is 2.48. The van der Waals surface area contributed by atoms with E-state index in [1.54, 1.807) is 0 Å². The smallest absolute Gasteiger partial charge is 0.311 e. The van der Waals surface area contributed by atoms with Gasteiger partial charge in [-0.3, -0.25) is 19.3 Å². The molecule has 5 nitrogen and oxygen atoms in total. The zero-order valence-electron chi connectivity index (χ0n) is 9.52. The molecule has 17 heavy (non-hydrogen) atoms. The van der Waals surface area contributed by atoms with Crippen molar-refractivity contribution in [2.75, 3.05) is 6.54 Å². The molecule has 2 saturated carbocycles. The van der Waals surface area contributed by atoms with Crippen molar-refractivity contribution in [2.24, 2.45) is 17.3 Å². The van der Waals surface area contributed by atoms with Crippen LogP contribution in [0.25, 0.3) is 0 Å². The molecule has 1 saturated heterocycles. The summed E-state index contributed by atoms with van der Waals surface area (Å²) in [6.07, 6.45) is 3.40. The number of carbonyl (C=O) groups is 3. The van der Waals surface area contributed by atoms with Gasteiger partial charge in [0, 0.05) is 18.4 Å². The van der Waals surface area contributed by atoms with E-state index in [4.69, 9.17) is 5.11 Å². The van der Waals surface area contributed by atoms with Crippen LogP contribution in [-0.2, 0) is 14.4 Å². The van der Waals surface area contributed by atoms with Crippen LogP contribution in [0.2, 0.25) is 0 Å². The van der Waals surface area contributed by atoms with Crippen molar-refractivity contribution in [1.29, 1.82) is 0 Å². The summed E-state index contributed by atoms with van der Waals surface area (Å²) in [7, 11) is 0. The van der Waals surface area contributed by atoms with Gasteiger partial charge in [-0.05, 0) is 32.1 Å². The number of imide groups is 1. The van der Waals surface area contributed by atoms with Crippen LogP contribution in [0.3, 0.4) is 0 Å². The number of amides is 2. The summed E-state index contributed by atoms with van der Waals surface area (Å²) in [5.41, 5.74) is -0.831. The lowest BCUT2D eigenvalue weighted by Gasteiger charge is -2.31. The summed E-state index contributed by atoms with van der Waals surface area (Å²) in [5.74, 6) is -1.24. The van der Waals surface area contributed by atoms with Gasteiger partial charge in [-0.15, -0.1) is 0 Å². The lowest BCUT2D eigenvalue weighted by molar-refractivity contribution is -0.156. The number of rotatable bonds is 3. The zero-order valence-corrected chi connectivity index (χ0v) is 9.52. The molecule has 5 heteroatoms. The van der Waals surface area contributed by atoms with Crippen molar-refractivity contribution < 1.29 is 19.5 Å². The van der Waals surface area contributed by atoms with Crippen molar-refractivity contribution in [2.45, 2.75) is 32.1 Å². The topological polar surface area (TPSA) is 74.7 Å². The molecule has 0 aromatic heterocycles. The highest BCUT2D eigenvalue weighted by atomic mass is 16.4. The lowest BCUT2D eigenvalue weighted by atomic mass is 9.95. The number of carboxylic acids is 1. The number of carbonyl (C=O) groups excluding carboxylic acids is 2. The third-order valence-electron chi connectivity index (χ3n) is 4.43. The molecule has 0 aromatic carbocycles. The molecule has 1 aliphatic heterocycles. The Balaban J connectivity index is 1.81. The third-order valence-corrected chi connectivity index (χ3v) is 4.43. The van der Waals surface area contributed by atoms with Gasteiger partial charge >= 0.3 is 5.97 Å². The van der Waals surface area contributed by atoms with Crippen molar-refractivity contribution in [3.8, 4) is 0 Å². The van der Waals surface area contributed by atoms with Crippen LogP contribution in [0.15, 0.2) is 0 Å². The van der Waals surface area contributed by atoms with E-state index in [2.05, 4.69) is 0 Å². The normalized spacial score (nSPS) is 34.0. The molecule has 2 aliphatic carbocycles. The van der Waals surface area contributed by atoms with E-state index < -0.39 is 11.4 Å². The first-order chi connectivity index (χ1) is 8.03. The van der Waals surface area contributed by atoms with Gasteiger partial charge in [-0.2, -0.15) is 0 Å². The number of aliphatic carboxylic acids is 1. The summed E-state index contributed by atoms with van der Waals surface area (Å²) in [6.45, 7) is 0.0903. The van der Waals surface area contributed by atoms with Crippen LogP contribution in [0, 0.1) is 17.3 Å². The quantitative estimate of drug-likeness (QED) is 0.731. The van der Waals surface area contributed by atoms with Crippen LogP contribution in [0.5, 0.6) is 0 Å². The minimum atomic E-state index is -0.879. The maximum atomic E-state index is 12.0. The Labute approximate surface area is 98.8 Å². The molecular formula is C12H15NO4. The highest BCUT2D eigenvalue weighted by molar-refractivity contribution is 6.01. The Bertz CT molecular complexity index is 391. The van der Waals surface area contributed by atoms with E-state index in [1.807, 2.05) is 0 Å². The molecule has 0 spiro atoms. The molecule has 3 fully saturated rings. The summed E-state index contributed by atoms with van der Waals surface area (Å²) < 4.78 is 0. The minimum Gasteiger partial charge on any atom is -0.481 e. The van der Waals surface area contributed by atoms with Crippen LogP contribution in [-0.4, -0.2) is 34.3 Å². The number of hydrogen-bond acceptors (Lipinski definition) is 3. The first-order valence-electron chi connectivity index (χ1n) is 6.12. The molecular weight excluding hydrogens is 222 g/mol. The van der Waals surface area contributed by atoms with Crippen molar-refractivity contribution >= 4 is 17.8 Å². The first kappa shape index (κ1) is 10.7. The van der Waals surface area contributed by atoms with E-state index in [0.29, 0.717) is 19.3 Å². The summed E-state index contributed by atoms with van der Waals surface area (Å²) in [4.78, 5) is 36.4. The van der Waals surface area contributed by atoms with Crippen molar-refractivity contribution in [3.63, 3.8) is 0 Å². The van der Waals surface area contributed by atoms with E-state index in [-0.39, 0.29) is 30.2 Å². The van der Waals surface area contributed by atoms with Crippen molar-refractivity contribution in [1.82, 2.24) is 4.90 Å². The number of fused-ring (bicyclic) bond motifs is 2. The molecule has 2 atom stereocenters. The number of likely N-dealkylation sites (tertiary alicyclic amines) is 1. The lowest BCUT2D eigenvalue weighted by Crippen LogP contribution is -2.49. The van der Waals surface area contributed by atoms with Crippen molar-refractivity contribution in [3.05, 3.63) is 0 Å². The molecule has 2 bridgehead atoms. The predicted octanol–water partition coefficient (Wildman–Crippen LogP) is 0.636. The van der Waals surface area contributed by atoms with Crippen LogP contribution < -0.4 is 0 Å². The molecule has 1 N–H and O–H groups in total. The Morgan fingerprint density at radius 3 is 2.18 bits per heavy atom. The molecule has 3 rings (SSSR count). The zero-order chi connectivity index (χ0) is 12.2. The van der Waals surface area contributed by atoms with E-state index >= 15 is 0 Å². The fraction of sp³-hybridized carbons (Fsp3) is 0.750. The fourth-order valence-corrected chi connectivity index (χ4v) is 3.03. The minimum absolute atomic E-state index is 0.0395. The van der Waals surface area contributed by atoms with Gasteiger partial charge in [-0.25, -0.2) is 0 Å². The van der Waals surface area contributed by atoms with Gasteiger partial charge < -0.3 is 5.11 Å². The van der Waals surface area contributed by atoms with Gasteiger partial charge in [0.1, 0.15) is 0 Å². The molecule has 0 aromatic rings. The third kappa shape index (κ3) is 1.48. The van der Waals surface area contributed by atoms with Crippen LogP contribution in [0.1, 0.15) is 32.1 Å². The second-order valence-corrected chi connectivity index (χ2v) is 5.56.